The van der Waals surface area contributed by atoms with E-state index in [-0.39, 0.29) is 12.0 Å². The SMILES string of the molecule is CCOC(=O)CC(C)NCCC1CCC1. The summed E-state index contributed by atoms with van der Waals surface area (Å²) in [7, 11) is 0. The van der Waals surface area contributed by atoms with Crippen LogP contribution in [0.1, 0.15) is 46.0 Å². The van der Waals surface area contributed by atoms with Crippen molar-refractivity contribution in [1.82, 2.24) is 5.32 Å². The molecule has 1 aliphatic carbocycles. The molecule has 1 atom stereocenters. The fraction of sp³-hybridized carbons (Fsp3) is 0.917. The van der Waals surface area contributed by atoms with Gasteiger partial charge in [0.25, 0.3) is 0 Å². The first-order valence-electron chi connectivity index (χ1n) is 6.11. The van der Waals surface area contributed by atoms with E-state index < -0.39 is 0 Å². The molecule has 88 valence electrons. The first-order valence-corrected chi connectivity index (χ1v) is 6.11. The minimum absolute atomic E-state index is 0.0962. The van der Waals surface area contributed by atoms with Crippen molar-refractivity contribution in [2.75, 3.05) is 13.2 Å². The van der Waals surface area contributed by atoms with Crippen LogP contribution in [0, 0.1) is 5.92 Å². The fourth-order valence-electron chi connectivity index (χ4n) is 1.86. The van der Waals surface area contributed by atoms with Gasteiger partial charge in [-0.3, -0.25) is 4.79 Å². The smallest absolute Gasteiger partial charge is 0.307 e. The van der Waals surface area contributed by atoms with Crippen molar-refractivity contribution >= 4 is 5.97 Å². The predicted octanol–water partition coefficient (Wildman–Crippen LogP) is 2.11. The van der Waals surface area contributed by atoms with Gasteiger partial charge in [-0.2, -0.15) is 0 Å². The Morgan fingerprint density at radius 3 is 2.80 bits per heavy atom. The second kappa shape index (κ2) is 6.83. The Balaban J connectivity index is 1.96. The van der Waals surface area contributed by atoms with Crippen molar-refractivity contribution in [3.05, 3.63) is 0 Å². The molecule has 0 aromatic rings. The maximum Gasteiger partial charge on any atom is 0.307 e. The van der Waals surface area contributed by atoms with E-state index in [4.69, 9.17) is 4.74 Å². The Kier molecular flexibility index (Phi) is 5.69. The third kappa shape index (κ3) is 5.17. The standard InChI is InChI=1S/C12H23NO2/c1-3-15-12(14)9-10(2)13-8-7-11-5-4-6-11/h10-11,13H,3-9H2,1-2H3. The van der Waals surface area contributed by atoms with Crippen molar-refractivity contribution in [2.45, 2.75) is 52.0 Å². The lowest BCUT2D eigenvalue weighted by Gasteiger charge is -2.25. The highest BCUT2D eigenvalue weighted by Crippen LogP contribution is 2.28. The monoisotopic (exact) mass is 213 g/mol. The van der Waals surface area contributed by atoms with Crippen molar-refractivity contribution in [2.24, 2.45) is 5.92 Å². The average Bonchev–Trinajstić information content (AvgIpc) is 2.09. The zero-order chi connectivity index (χ0) is 11.1. The van der Waals surface area contributed by atoms with Crippen molar-refractivity contribution < 1.29 is 9.53 Å². The van der Waals surface area contributed by atoms with Crippen LogP contribution in [-0.2, 0) is 9.53 Å². The first kappa shape index (κ1) is 12.5. The number of hydrogen-bond donors (Lipinski definition) is 1. The predicted molar refractivity (Wildman–Crippen MR) is 60.7 cm³/mol. The van der Waals surface area contributed by atoms with Crippen molar-refractivity contribution in [3.63, 3.8) is 0 Å². The number of rotatable bonds is 7. The number of carbonyl (C=O) groups excluding carboxylic acids is 1. The summed E-state index contributed by atoms with van der Waals surface area (Å²) in [5, 5.41) is 3.37. The van der Waals surface area contributed by atoms with Gasteiger partial charge in [-0.25, -0.2) is 0 Å². The van der Waals surface area contributed by atoms with Gasteiger partial charge >= 0.3 is 5.97 Å². The zero-order valence-electron chi connectivity index (χ0n) is 9.92. The summed E-state index contributed by atoms with van der Waals surface area (Å²) in [4.78, 5) is 11.2. The third-order valence-electron chi connectivity index (χ3n) is 3.05. The van der Waals surface area contributed by atoms with Gasteiger partial charge in [-0.1, -0.05) is 19.3 Å². The van der Waals surface area contributed by atoms with Gasteiger partial charge in [0.1, 0.15) is 0 Å². The molecule has 0 saturated heterocycles. The second-order valence-corrected chi connectivity index (χ2v) is 4.45. The molecule has 15 heavy (non-hydrogen) atoms. The van der Waals surface area contributed by atoms with Crippen LogP contribution in [0.2, 0.25) is 0 Å². The Bertz CT molecular complexity index is 190. The first-order chi connectivity index (χ1) is 7.22. The van der Waals surface area contributed by atoms with Crippen LogP contribution in [0.3, 0.4) is 0 Å². The molecule has 0 spiro atoms. The maximum absolute atomic E-state index is 11.2. The molecule has 1 N–H and O–H groups in total. The molecule has 0 radical (unpaired) electrons. The Labute approximate surface area is 92.6 Å². The molecule has 1 saturated carbocycles. The molecule has 0 bridgehead atoms. The van der Waals surface area contributed by atoms with Gasteiger partial charge in [0, 0.05) is 6.04 Å². The van der Waals surface area contributed by atoms with E-state index in [1.165, 1.54) is 25.7 Å². The molecule has 1 rings (SSSR count). The van der Waals surface area contributed by atoms with Gasteiger partial charge in [0.15, 0.2) is 0 Å². The van der Waals surface area contributed by atoms with E-state index in [9.17, 15) is 4.79 Å². The van der Waals surface area contributed by atoms with E-state index in [0.717, 1.165) is 12.5 Å². The topological polar surface area (TPSA) is 38.3 Å². The molecule has 1 aliphatic rings. The van der Waals surface area contributed by atoms with Crippen LogP contribution in [0.25, 0.3) is 0 Å². The number of carbonyl (C=O) groups is 1. The molecule has 0 aliphatic heterocycles. The molecule has 1 unspecified atom stereocenters. The van der Waals surface area contributed by atoms with Crippen LogP contribution >= 0.6 is 0 Å². The van der Waals surface area contributed by atoms with Crippen LogP contribution < -0.4 is 5.32 Å². The summed E-state index contributed by atoms with van der Waals surface area (Å²) in [5.41, 5.74) is 0. The normalized spacial score (nSPS) is 18.3. The summed E-state index contributed by atoms with van der Waals surface area (Å²) < 4.78 is 4.89. The van der Waals surface area contributed by atoms with Gasteiger partial charge in [0.05, 0.1) is 13.0 Å². The molecule has 0 heterocycles. The van der Waals surface area contributed by atoms with Gasteiger partial charge in [0.2, 0.25) is 0 Å². The van der Waals surface area contributed by atoms with Crippen LogP contribution in [-0.4, -0.2) is 25.2 Å². The molecule has 0 aromatic heterocycles. The molecule has 0 amide bonds. The molecule has 1 fully saturated rings. The molecular formula is C12H23NO2. The Hall–Kier alpha value is -0.570. The average molecular weight is 213 g/mol. The molecular weight excluding hydrogens is 190 g/mol. The van der Waals surface area contributed by atoms with Crippen LogP contribution in [0.15, 0.2) is 0 Å². The van der Waals surface area contributed by atoms with E-state index in [1.807, 2.05) is 13.8 Å². The summed E-state index contributed by atoms with van der Waals surface area (Å²) >= 11 is 0. The quantitative estimate of drug-likeness (QED) is 0.658. The largest absolute Gasteiger partial charge is 0.466 e. The second-order valence-electron chi connectivity index (χ2n) is 4.45. The van der Waals surface area contributed by atoms with E-state index >= 15 is 0 Å². The minimum atomic E-state index is -0.0962. The lowest BCUT2D eigenvalue weighted by atomic mass is 9.83. The summed E-state index contributed by atoms with van der Waals surface area (Å²) in [6, 6.07) is 0.240. The highest BCUT2D eigenvalue weighted by molar-refractivity contribution is 5.69. The summed E-state index contributed by atoms with van der Waals surface area (Å²) in [6.45, 7) is 5.39. The lowest BCUT2D eigenvalue weighted by Crippen LogP contribution is -2.31. The van der Waals surface area contributed by atoms with Crippen LogP contribution in [0.5, 0.6) is 0 Å². The number of ether oxygens (including phenoxy) is 1. The molecule has 3 nitrogen and oxygen atoms in total. The van der Waals surface area contributed by atoms with Crippen LogP contribution in [0.4, 0.5) is 0 Å². The third-order valence-corrected chi connectivity index (χ3v) is 3.05. The Morgan fingerprint density at radius 2 is 2.27 bits per heavy atom. The maximum atomic E-state index is 11.2. The van der Waals surface area contributed by atoms with E-state index in [1.54, 1.807) is 0 Å². The number of hydrogen-bond acceptors (Lipinski definition) is 3. The highest BCUT2D eigenvalue weighted by Gasteiger charge is 2.17. The summed E-state index contributed by atoms with van der Waals surface area (Å²) in [5.74, 6) is 0.841. The van der Waals surface area contributed by atoms with Gasteiger partial charge in [-0.05, 0) is 32.7 Å². The van der Waals surface area contributed by atoms with Gasteiger partial charge < -0.3 is 10.1 Å². The summed E-state index contributed by atoms with van der Waals surface area (Å²) in [6.07, 6.45) is 5.94. The fourth-order valence-corrected chi connectivity index (χ4v) is 1.86. The zero-order valence-corrected chi connectivity index (χ0v) is 9.92. The minimum Gasteiger partial charge on any atom is -0.466 e. The number of nitrogens with one attached hydrogen (secondary N) is 1. The number of esters is 1. The molecule has 3 heteroatoms. The van der Waals surface area contributed by atoms with E-state index in [2.05, 4.69) is 5.32 Å². The Morgan fingerprint density at radius 1 is 1.53 bits per heavy atom. The van der Waals surface area contributed by atoms with Crippen molar-refractivity contribution in [3.8, 4) is 0 Å². The van der Waals surface area contributed by atoms with E-state index in [0.29, 0.717) is 13.0 Å². The lowest BCUT2D eigenvalue weighted by molar-refractivity contribution is -0.143. The highest BCUT2D eigenvalue weighted by atomic mass is 16.5. The molecule has 0 aromatic carbocycles. The van der Waals surface area contributed by atoms with Crippen molar-refractivity contribution in [1.29, 1.82) is 0 Å². The van der Waals surface area contributed by atoms with Gasteiger partial charge in [-0.15, -0.1) is 0 Å².